The molecule has 19 nitrogen and oxygen atoms in total. The van der Waals surface area contributed by atoms with Gasteiger partial charge in [0.25, 0.3) is 0 Å². The van der Waals surface area contributed by atoms with Crippen molar-refractivity contribution in [3.8, 4) is 57.5 Å². The van der Waals surface area contributed by atoms with Crippen LogP contribution in [0, 0.1) is 33.6 Å². The minimum atomic E-state index is -0.829. The molecule has 0 saturated heterocycles. The van der Waals surface area contributed by atoms with Gasteiger partial charge in [-0.25, -0.2) is 4.79 Å². The van der Waals surface area contributed by atoms with Crippen molar-refractivity contribution in [1.29, 1.82) is 0 Å². The van der Waals surface area contributed by atoms with Gasteiger partial charge >= 0.3 is 6.09 Å². The molecule has 0 radical (unpaired) electrons. The number of fused-ring (bicyclic) bond motifs is 7. The van der Waals surface area contributed by atoms with E-state index in [1.807, 2.05) is 139 Å². The summed E-state index contributed by atoms with van der Waals surface area (Å²) in [7, 11) is 3.04. The Kier molecular flexibility index (Phi) is 22.4. The van der Waals surface area contributed by atoms with Gasteiger partial charge in [0, 0.05) is 56.9 Å². The summed E-state index contributed by atoms with van der Waals surface area (Å²) in [5, 5.41) is 44.5. The number of rotatable bonds is 19. The number of carbonyl (C=O) groups excluding carboxylic acids is 2. The fourth-order valence-corrected chi connectivity index (χ4v) is 13.9. The number of nitrogens with one attached hydrogen (secondary N) is 1. The number of nitrogens with zero attached hydrogens (tertiary/aromatic N) is 1. The normalized spacial score (nSPS) is 19.1. The Morgan fingerprint density at radius 1 is 0.684 bits per heavy atom. The predicted molar refractivity (Wildman–Crippen MR) is 359 cm³/mol. The third-order valence-corrected chi connectivity index (χ3v) is 18.1. The molecule has 0 saturated carbocycles. The molecule has 7 N–H and O–H groups in total. The number of hydrogen-bond acceptors (Lipinski definition) is 18. The first-order chi connectivity index (χ1) is 45.8. The van der Waals surface area contributed by atoms with E-state index in [9.17, 15) is 24.9 Å². The van der Waals surface area contributed by atoms with Crippen LogP contribution in [0.15, 0.2) is 109 Å². The zero-order valence-corrected chi connectivity index (χ0v) is 56.1. The smallest absolute Gasteiger partial charge is 0.411 e. The third-order valence-electron chi connectivity index (χ3n) is 18.1. The molecule has 0 fully saturated rings. The second-order valence-corrected chi connectivity index (χ2v) is 26.0. The Morgan fingerprint density at radius 3 is 1.74 bits per heavy atom. The van der Waals surface area contributed by atoms with Crippen LogP contribution in [0.3, 0.4) is 0 Å². The summed E-state index contributed by atoms with van der Waals surface area (Å²) in [6, 6.07) is 32.7. The Labute approximate surface area is 556 Å². The number of ether oxygens (including phenoxy) is 10. The van der Waals surface area contributed by atoms with Gasteiger partial charge in [-0.2, -0.15) is 0 Å². The Balaban J connectivity index is 0.000000196. The van der Waals surface area contributed by atoms with Gasteiger partial charge < -0.3 is 83.6 Å². The van der Waals surface area contributed by atoms with Gasteiger partial charge in [-0.1, -0.05) is 110 Å². The molecule has 0 aromatic heterocycles. The number of aliphatic hydroxyl groups excluding tert-OH is 2. The van der Waals surface area contributed by atoms with Crippen LogP contribution >= 0.6 is 0 Å². The number of aliphatic hydroxyl groups is 2. The molecule has 12 rings (SSSR count). The molecule has 4 heterocycles. The van der Waals surface area contributed by atoms with Crippen molar-refractivity contribution in [2.24, 2.45) is 11.7 Å². The van der Waals surface area contributed by atoms with Gasteiger partial charge in [0.05, 0.1) is 58.8 Å². The van der Waals surface area contributed by atoms with Crippen LogP contribution in [0.5, 0.6) is 57.5 Å². The quantitative estimate of drug-likeness (QED) is 0.0412. The molecule has 0 spiro atoms. The molecule has 19 heteroatoms. The van der Waals surface area contributed by atoms with E-state index in [1.54, 1.807) is 11.0 Å². The monoisotopic (exact) mass is 1300 g/mol. The van der Waals surface area contributed by atoms with Crippen molar-refractivity contribution >= 4 is 12.4 Å². The topological polar surface area (TPSA) is 249 Å². The van der Waals surface area contributed by atoms with Crippen LogP contribution in [0.4, 0.5) is 4.79 Å². The van der Waals surface area contributed by atoms with Gasteiger partial charge in [0.2, 0.25) is 13.6 Å². The number of amides is 1. The molecule has 7 aromatic carbocycles. The van der Waals surface area contributed by atoms with Gasteiger partial charge in [0.1, 0.15) is 36.6 Å². The van der Waals surface area contributed by atoms with Crippen LogP contribution in [-0.4, -0.2) is 109 Å². The van der Waals surface area contributed by atoms with Crippen molar-refractivity contribution in [2.45, 2.75) is 155 Å². The molecule has 7 atom stereocenters. The number of carbonyl (C=O) groups is 2. The average Bonchev–Trinajstić information content (AvgIpc) is 1.62. The van der Waals surface area contributed by atoms with E-state index in [2.05, 4.69) is 24.4 Å². The lowest BCUT2D eigenvalue weighted by Crippen LogP contribution is -2.58. The van der Waals surface area contributed by atoms with Crippen molar-refractivity contribution in [1.82, 2.24) is 10.2 Å². The van der Waals surface area contributed by atoms with Gasteiger partial charge in [0.15, 0.2) is 46.0 Å². The number of phenolic OH excluding ortho intramolecular Hbond substituents is 2. The highest BCUT2D eigenvalue weighted by molar-refractivity contribution is 5.74. The standard InChI is InChI=1S/C43H50N2O9.C22H24O4.C11H17NO3/c1-25-17-29-18-30(20-46)44-36(34(29)37(47)38(25)49-6)32-19-31-35(41-40(52-24-53-41)26(2)39(31)51-22-28-15-11-8-12-16-28)33(45(32)42(48)54-43(3,4)5)23-50-21-27-13-9-7-10-14-27;1-3-17-9-16(11-23)10-18-19(17)22-21(25-13-26-22)14(2)20(18)24-12-15-7-5-4-6-8-15;1-7-3-8(4-9(12)6-13)5-10(14)11(7)15-2/h7-17,30,32-33,36,44,46-47H,18-24H2,1-6H3;4-8,11,16-17H,3,9-10,12-13H2,1-2H3;3,5,9,13-14H,4,6,12H2,1-2H3/t30-,32-,33-,36?;16-,17+;9-/m000/s1. The summed E-state index contributed by atoms with van der Waals surface area (Å²) in [6.45, 7) is 16.6. The number of methoxy groups -OCH3 is 2. The van der Waals surface area contributed by atoms with E-state index in [-0.39, 0.29) is 69.3 Å². The lowest BCUT2D eigenvalue weighted by Gasteiger charge is -2.49. The summed E-state index contributed by atoms with van der Waals surface area (Å²) in [5.74, 6) is 5.54. The number of nitrogens with two attached hydrogens (primary N) is 1. The van der Waals surface area contributed by atoms with Crippen molar-refractivity contribution < 1.29 is 77.4 Å². The fraction of sp³-hybridized carbons (Fsp3) is 0.421. The van der Waals surface area contributed by atoms with Gasteiger partial charge in [-0.05, 0) is 138 Å². The Hall–Kier alpha value is -8.72. The highest BCUT2D eigenvalue weighted by Crippen LogP contribution is 2.57. The maximum absolute atomic E-state index is 14.8. The minimum Gasteiger partial charge on any atom is -0.504 e. The number of hydrogen-bond donors (Lipinski definition) is 6. The lowest BCUT2D eigenvalue weighted by molar-refractivity contribution is -0.111. The van der Waals surface area contributed by atoms with Crippen LogP contribution < -0.4 is 48.9 Å². The highest BCUT2D eigenvalue weighted by atomic mass is 16.7. The summed E-state index contributed by atoms with van der Waals surface area (Å²) in [5.41, 5.74) is 17.5. The first kappa shape index (κ1) is 69.1. The molecule has 1 aliphatic carbocycles. The summed E-state index contributed by atoms with van der Waals surface area (Å²) >= 11 is 0. The maximum Gasteiger partial charge on any atom is 0.411 e. The van der Waals surface area contributed by atoms with Crippen molar-refractivity contribution in [3.63, 3.8) is 0 Å². The van der Waals surface area contributed by atoms with Crippen molar-refractivity contribution in [3.05, 3.63) is 187 Å². The minimum absolute atomic E-state index is 0.00405. The lowest BCUT2D eigenvalue weighted by atomic mass is 9.74. The summed E-state index contributed by atoms with van der Waals surface area (Å²) < 4.78 is 60.3. The molecular formula is C76H91N3O16. The highest BCUT2D eigenvalue weighted by Gasteiger charge is 2.50. The fourth-order valence-electron chi connectivity index (χ4n) is 13.9. The van der Waals surface area contributed by atoms with Gasteiger partial charge in [-0.3, -0.25) is 4.90 Å². The molecule has 95 heavy (non-hydrogen) atoms. The molecule has 1 unspecified atom stereocenters. The number of aldehydes is 1. The van der Waals surface area contributed by atoms with E-state index in [0.29, 0.717) is 79.3 Å². The zero-order chi connectivity index (χ0) is 67.7. The van der Waals surface area contributed by atoms with E-state index in [0.717, 1.165) is 103 Å². The second-order valence-electron chi connectivity index (χ2n) is 26.0. The SMILES string of the molecule is CC[C@@H]1C[C@H](C=O)Cc2c(OCc3ccccc3)c(C)c3c(c21)OCO3.COc1c(C)cc(C[C@H](N)CO)cc1O.COc1c(C)cc2c(c1O)C([C@@H]1Cc3c(OCc4ccccc4)c(C)c4c(c3[C@H](COCc3ccccc3)N1C(=O)OC(C)(C)C)OCO4)N[C@H](CO)C2. The number of aromatic hydroxyl groups is 2. The Morgan fingerprint density at radius 2 is 1.22 bits per heavy atom. The zero-order valence-electron chi connectivity index (χ0n) is 56.1. The number of phenols is 2. The van der Waals surface area contributed by atoms with E-state index < -0.39 is 29.8 Å². The second kappa shape index (κ2) is 30.8. The van der Waals surface area contributed by atoms with Crippen LogP contribution in [0.25, 0.3) is 0 Å². The van der Waals surface area contributed by atoms with Gasteiger partial charge in [-0.15, -0.1) is 0 Å². The van der Waals surface area contributed by atoms with Crippen LogP contribution in [0.1, 0.15) is 136 Å². The van der Waals surface area contributed by atoms with E-state index in [1.165, 1.54) is 19.8 Å². The first-order valence-corrected chi connectivity index (χ1v) is 32.6. The van der Waals surface area contributed by atoms with Crippen LogP contribution in [-0.2, 0) is 59.8 Å². The molecule has 5 aliphatic rings. The number of aryl methyl sites for hydroxylation is 2. The van der Waals surface area contributed by atoms with Crippen LogP contribution in [0.2, 0.25) is 0 Å². The van der Waals surface area contributed by atoms with Crippen molar-refractivity contribution in [2.75, 3.05) is 47.6 Å². The summed E-state index contributed by atoms with van der Waals surface area (Å²) in [6.07, 6.45) is 4.37. The predicted octanol–water partition coefficient (Wildman–Crippen LogP) is 12.1. The molecule has 4 aliphatic heterocycles. The molecule has 506 valence electrons. The molecular weight excluding hydrogens is 1210 g/mol. The Bertz CT molecular complexity index is 3780. The largest absolute Gasteiger partial charge is 0.504 e. The molecule has 0 bridgehead atoms. The third kappa shape index (κ3) is 15.4. The van der Waals surface area contributed by atoms with E-state index >= 15 is 0 Å². The first-order valence-electron chi connectivity index (χ1n) is 32.6. The molecule has 7 aromatic rings. The average molecular weight is 1300 g/mol. The number of benzene rings is 7. The summed E-state index contributed by atoms with van der Waals surface area (Å²) in [4.78, 5) is 28.1. The molecule has 1 amide bonds. The maximum atomic E-state index is 14.8. The van der Waals surface area contributed by atoms with E-state index in [4.69, 9.17) is 58.2 Å².